The second-order valence-electron chi connectivity index (χ2n) is 8.89. The Hall–Kier alpha value is -3.19. The van der Waals surface area contributed by atoms with Crippen molar-refractivity contribution in [3.8, 4) is 16.2 Å². The first-order chi connectivity index (χ1) is 15.9. The van der Waals surface area contributed by atoms with Crippen LogP contribution in [0.5, 0.6) is 5.75 Å². The highest BCUT2D eigenvalue weighted by atomic mass is 32.1. The Bertz CT molecular complexity index is 1220. The number of benzene rings is 2. The van der Waals surface area contributed by atoms with E-state index < -0.39 is 0 Å². The Morgan fingerprint density at radius 2 is 1.97 bits per heavy atom. The van der Waals surface area contributed by atoms with Crippen LogP contribution in [-0.2, 0) is 0 Å². The summed E-state index contributed by atoms with van der Waals surface area (Å²) in [6, 6.07) is 15.5. The number of nitrogens with one attached hydrogen (secondary N) is 1. The Balaban J connectivity index is 1.35. The van der Waals surface area contributed by atoms with Crippen LogP contribution in [0.1, 0.15) is 44.3 Å². The maximum atomic E-state index is 13.7. The van der Waals surface area contributed by atoms with Crippen LogP contribution < -0.4 is 10.1 Å². The molecule has 0 radical (unpaired) electrons. The number of carbonyl (C=O) groups excluding carboxylic acids is 2. The summed E-state index contributed by atoms with van der Waals surface area (Å²) in [5.74, 6) is 0.979. The quantitative estimate of drug-likeness (QED) is 0.588. The highest BCUT2D eigenvalue weighted by molar-refractivity contribution is 7.15. The molecule has 3 atom stereocenters. The number of hydrogen-bond donors (Lipinski definition) is 1. The Morgan fingerprint density at radius 3 is 2.76 bits per heavy atom. The zero-order chi connectivity index (χ0) is 23.1. The van der Waals surface area contributed by atoms with E-state index in [-0.39, 0.29) is 23.9 Å². The van der Waals surface area contributed by atoms with Crippen molar-refractivity contribution in [1.29, 1.82) is 0 Å². The zero-order valence-electron chi connectivity index (χ0n) is 19.0. The molecular weight excluding hydrogens is 434 g/mol. The van der Waals surface area contributed by atoms with E-state index in [2.05, 4.69) is 29.4 Å². The predicted molar refractivity (Wildman–Crippen MR) is 129 cm³/mol. The van der Waals surface area contributed by atoms with Gasteiger partial charge in [-0.2, -0.15) is 0 Å². The summed E-state index contributed by atoms with van der Waals surface area (Å²) >= 11 is 1.56. The Kier molecular flexibility index (Phi) is 5.66. The fourth-order valence-corrected chi connectivity index (χ4v) is 5.72. The van der Waals surface area contributed by atoms with Gasteiger partial charge in [-0.1, -0.05) is 35.9 Å². The molecule has 1 aliphatic carbocycles. The SMILES string of the molecule is COc1cccc(C(=O)NC[C@@H]2C[C@@H]3C[C@@H]3N2C(=O)c2nc(C)sc2-c2cccc(C)c2)c1. The van der Waals surface area contributed by atoms with Gasteiger partial charge in [-0.25, -0.2) is 4.98 Å². The van der Waals surface area contributed by atoms with Gasteiger partial charge in [0.2, 0.25) is 0 Å². The first-order valence-electron chi connectivity index (χ1n) is 11.2. The van der Waals surface area contributed by atoms with Crippen molar-refractivity contribution in [3.05, 3.63) is 70.4 Å². The Morgan fingerprint density at radius 1 is 1.15 bits per heavy atom. The second-order valence-corrected chi connectivity index (χ2v) is 10.1. The van der Waals surface area contributed by atoms with Crippen LogP contribution in [0.4, 0.5) is 0 Å². The van der Waals surface area contributed by atoms with E-state index in [1.807, 2.05) is 30.0 Å². The number of ether oxygens (including phenoxy) is 1. The number of fused-ring (bicyclic) bond motifs is 1. The number of carbonyl (C=O) groups is 2. The minimum Gasteiger partial charge on any atom is -0.497 e. The first kappa shape index (κ1) is 21.6. The van der Waals surface area contributed by atoms with Gasteiger partial charge < -0.3 is 15.0 Å². The molecule has 1 saturated heterocycles. The molecule has 7 heteroatoms. The smallest absolute Gasteiger partial charge is 0.274 e. The van der Waals surface area contributed by atoms with Gasteiger partial charge in [-0.05, 0) is 56.4 Å². The average molecular weight is 462 g/mol. The van der Waals surface area contributed by atoms with E-state index >= 15 is 0 Å². The van der Waals surface area contributed by atoms with Crippen molar-refractivity contribution in [2.45, 2.75) is 38.8 Å². The number of nitrogens with zero attached hydrogens (tertiary/aromatic N) is 2. The molecule has 2 aliphatic rings. The van der Waals surface area contributed by atoms with Gasteiger partial charge >= 0.3 is 0 Å². The van der Waals surface area contributed by atoms with Crippen molar-refractivity contribution < 1.29 is 14.3 Å². The summed E-state index contributed by atoms with van der Waals surface area (Å²) in [4.78, 5) is 34.0. The van der Waals surface area contributed by atoms with Crippen molar-refractivity contribution in [3.63, 3.8) is 0 Å². The van der Waals surface area contributed by atoms with Crippen LogP contribution in [0.3, 0.4) is 0 Å². The molecule has 0 spiro atoms. The first-order valence-corrected chi connectivity index (χ1v) is 12.1. The number of amides is 2. The van der Waals surface area contributed by atoms with E-state index in [0.29, 0.717) is 29.5 Å². The van der Waals surface area contributed by atoms with Gasteiger partial charge in [0.05, 0.1) is 23.0 Å². The number of aromatic nitrogens is 1. The third-order valence-corrected chi connectivity index (χ3v) is 7.51. The maximum absolute atomic E-state index is 13.7. The summed E-state index contributed by atoms with van der Waals surface area (Å²) in [6.45, 7) is 4.42. The summed E-state index contributed by atoms with van der Waals surface area (Å²) in [5, 5.41) is 3.90. The molecule has 0 bridgehead atoms. The molecule has 2 fully saturated rings. The predicted octanol–water partition coefficient (Wildman–Crippen LogP) is 4.47. The molecule has 1 aromatic heterocycles. The fourth-order valence-electron chi connectivity index (χ4n) is 4.81. The molecule has 2 aromatic carbocycles. The number of piperidine rings is 1. The average Bonchev–Trinajstić information content (AvgIpc) is 3.31. The molecule has 2 amide bonds. The van der Waals surface area contributed by atoms with Crippen LogP contribution in [-0.4, -0.2) is 47.4 Å². The second kappa shape index (κ2) is 8.63. The van der Waals surface area contributed by atoms with E-state index in [1.165, 1.54) is 0 Å². The van der Waals surface area contributed by atoms with Gasteiger partial charge in [-0.3, -0.25) is 9.59 Å². The highest BCUT2D eigenvalue weighted by Gasteiger charge is 2.54. The van der Waals surface area contributed by atoms with Gasteiger partial charge in [0.25, 0.3) is 11.8 Å². The lowest BCUT2D eigenvalue weighted by atomic mass is 10.1. The normalized spacial score (nSPS) is 20.9. The van der Waals surface area contributed by atoms with Crippen molar-refractivity contribution in [2.75, 3.05) is 13.7 Å². The summed E-state index contributed by atoms with van der Waals surface area (Å²) in [6.07, 6.45) is 1.95. The molecule has 2 heterocycles. The molecule has 1 N–H and O–H groups in total. The van der Waals surface area contributed by atoms with Gasteiger partial charge in [0.15, 0.2) is 0 Å². The number of methoxy groups -OCH3 is 1. The largest absolute Gasteiger partial charge is 0.497 e. The molecular formula is C26H27N3O3S. The molecule has 0 unspecified atom stereocenters. The lowest BCUT2D eigenvalue weighted by Crippen LogP contribution is -2.45. The highest BCUT2D eigenvalue weighted by Crippen LogP contribution is 2.48. The van der Waals surface area contributed by atoms with Crippen LogP contribution >= 0.6 is 11.3 Å². The molecule has 33 heavy (non-hydrogen) atoms. The molecule has 1 saturated carbocycles. The Labute approximate surface area is 197 Å². The lowest BCUT2D eigenvalue weighted by Gasteiger charge is -2.27. The standard InChI is InChI=1S/C26H27N3O3S/c1-15-6-4-7-17(10-15)24-23(28-16(2)33-24)26(31)29-20(11-19-13-22(19)29)14-27-25(30)18-8-5-9-21(12-18)32-3/h4-10,12,19-20,22H,11,13-14H2,1-3H3,(H,27,30)/t19-,20+,22+/m1/s1. The summed E-state index contributed by atoms with van der Waals surface area (Å²) in [7, 11) is 1.58. The number of aryl methyl sites for hydroxylation is 2. The number of likely N-dealkylation sites (tertiary alicyclic amines) is 1. The van der Waals surface area contributed by atoms with E-state index in [4.69, 9.17) is 4.74 Å². The monoisotopic (exact) mass is 461 g/mol. The van der Waals surface area contributed by atoms with Gasteiger partial charge in [0.1, 0.15) is 11.4 Å². The fraction of sp³-hybridized carbons (Fsp3) is 0.346. The van der Waals surface area contributed by atoms with Gasteiger partial charge in [0, 0.05) is 18.2 Å². The summed E-state index contributed by atoms with van der Waals surface area (Å²) in [5.41, 5.74) is 3.25. The zero-order valence-corrected chi connectivity index (χ0v) is 19.8. The minimum atomic E-state index is -0.160. The van der Waals surface area contributed by atoms with Crippen molar-refractivity contribution in [1.82, 2.24) is 15.2 Å². The molecule has 1 aliphatic heterocycles. The van der Waals surface area contributed by atoms with Crippen LogP contribution in [0, 0.1) is 19.8 Å². The number of thiazole rings is 1. The van der Waals surface area contributed by atoms with Gasteiger partial charge in [-0.15, -0.1) is 11.3 Å². The van der Waals surface area contributed by atoms with Crippen molar-refractivity contribution >= 4 is 23.2 Å². The topological polar surface area (TPSA) is 71.5 Å². The van der Waals surface area contributed by atoms with Crippen LogP contribution in [0.25, 0.3) is 10.4 Å². The third-order valence-electron chi connectivity index (χ3n) is 6.49. The third kappa shape index (κ3) is 4.25. The maximum Gasteiger partial charge on any atom is 0.274 e. The lowest BCUT2D eigenvalue weighted by molar-refractivity contribution is 0.0684. The number of hydrogen-bond acceptors (Lipinski definition) is 5. The van der Waals surface area contributed by atoms with Crippen molar-refractivity contribution in [2.24, 2.45) is 5.92 Å². The molecule has 5 rings (SSSR count). The van der Waals surface area contributed by atoms with Crippen LogP contribution in [0.2, 0.25) is 0 Å². The van der Waals surface area contributed by atoms with E-state index in [0.717, 1.165) is 33.9 Å². The molecule has 6 nitrogen and oxygen atoms in total. The minimum absolute atomic E-state index is 0.0248. The van der Waals surface area contributed by atoms with E-state index in [9.17, 15) is 9.59 Å². The van der Waals surface area contributed by atoms with E-state index in [1.54, 1.807) is 36.6 Å². The summed E-state index contributed by atoms with van der Waals surface area (Å²) < 4.78 is 5.22. The molecule has 170 valence electrons. The van der Waals surface area contributed by atoms with Crippen LogP contribution in [0.15, 0.2) is 48.5 Å². The molecule has 3 aromatic rings. The number of rotatable bonds is 6.